The van der Waals surface area contributed by atoms with Gasteiger partial charge < -0.3 is 14.8 Å². The molecule has 1 aromatic rings. The van der Waals surface area contributed by atoms with E-state index >= 15 is 0 Å². The van der Waals surface area contributed by atoms with Crippen molar-refractivity contribution in [2.24, 2.45) is 0 Å². The van der Waals surface area contributed by atoms with Crippen molar-refractivity contribution < 1.29 is 19.1 Å². The van der Waals surface area contributed by atoms with Gasteiger partial charge >= 0.3 is 5.97 Å². The standard InChI is InChI=1S/C13H17NO4/c1-10(13(16)17-2)14-12(15)8-9-18-11-6-4-3-5-7-11/h3-7,10H,8-9H2,1-2H3,(H,14,15)/t10-/m1/s1. The van der Waals surface area contributed by atoms with E-state index < -0.39 is 12.0 Å². The van der Waals surface area contributed by atoms with Crippen molar-refractivity contribution in [2.75, 3.05) is 13.7 Å². The van der Waals surface area contributed by atoms with Gasteiger partial charge in [-0.2, -0.15) is 0 Å². The Morgan fingerprint density at radius 3 is 2.56 bits per heavy atom. The number of ether oxygens (including phenoxy) is 2. The molecule has 0 radical (unpaired) electrons. The zero-order chi connectivity index (χ0) is 13.4. The maximum absolute atomic E-state index is 11.5. The molecule has 0 aliphatic carbocycles. The minimum Gasteiger partial charge on any atom is -0.493 e. The van der Waals surface area contributed by atoms with Gasteiger partial charge in [0.25, 0.3) is 0 Å². The summed E-state index contributed by atoms with van der Waals surface area (Å²) < 4.78 is 9.87. The molecule has 0 aliphatic heterocycles. The molecule has 0 saturated heterocycles. The first kappa shape index (κ1) is 14.0. The lowest BCUT2D eigenvalue weighted by molar-refractivity contribution is -0.144. The van der Waals surface area contributed by atoms with Crippen LogP contribution >= 0.6 is 0 Å². The van der Waals surface area contributed by atoms with Gasteiger partial charge in [-0.1, -0.05) is 18.2 Å². The number of carbonyl (C=O) groups is 2. The van der Waals surface area contributed by atoms with E-state index in [0.29, 0.717) is 5.75 Å². The minimum absolute atomic E-state index is 0.191. The first-order chi connectivity index (χ1) is 8.63. The fraction of sp³-hybridized carbons (Fsp3) is 0.385. The van der Waals surface area contributed by atoms with Gasteiger partial charge in [0.05, 0.1) is 20.1 Å². The second-order valence-corrected chi connectivity index (χ2v) is 3.72. The summed E-state index contributed by atoms with van der Waals surface area (Å²) in [5.74, 6) is 0.00229. The van der Waals surface area contributed by atoms with Crippen LogP contribution in [0.1, 0.15) is 13.3 Å². The topological polar surface area (TPSA) is 64.6 Å². The fourth-order valence-electron chi connectivity index (χ4n) is 1.33. The van der Waals surface area contributed by atoms with E-state index in [9.17, 15) is 9.59 Å². The Kier molecular flexibility index (Phi) is 5.70. The van der Waals surface area contributed by atoms with Gasteiger partial charge in [-0.3, -0.25) is 4.79 Å². The predicted molar refractivity (Wildman–Crippen MR) is 66.2 cm³/mol. The number of esters is 1. The maximum Gasteiger partial charge on any atom is 0.328 e. The second kappa shape index (κ2) is 7.32. The maximum atomic E-state index is 11.5. The van der Waals surface area contributed by atoms with E-state index in [1.165, 1.54) is 7.11 Å². The Balaban J connectivity index is 2.23. The third-order valence-electron chi connectivity index (χ3n) is 2.27. The van der Waals surface area contributed by atoms with Crippen molar-refractivity contribution in [2.45, 2.75) is 19.4 Å². The van der Waals surface area contributed by atoms with E-state index in [2.05, 4.69) is 10.1 Å². The van der Waals surface area contributed by atoms with Gasteiger partial charge in [-0.25, -0.2) is 4.79 Å². The third-order valence-corrected chi connectivity index (χ3v) is 2.27. The molecule has 0 fully saturated rings. The largest absolute Gasteiger partial charge is 0.493 e. The molecule has 0 aromatic heterocycles. The summed E-state index contributed by atoms with van der Waals surface area (Å²) in [5.41, 5.74) is 0. The highest BCUT2D eigenvalue weighted by molar-refractivity contribution is 5.84. The molecule has 1 amide bonds. The second-order valence-electron chi connectivity index (χ2n) is 3.72. The Hall–Kier alpha value is -2.04. The molecular formula is C13H17NO4. The summed E-state index contributed by atoms with van der Waals surface area (Å²) in [5, 5.41) is 2.52. The Bertz CT molecular complexity index is 391. The average molecular weight is 251 g/mol. The molecule has 1 N–H and O–H groups in total. The van der Waals surface area contributed by atoms with Crippen LogP contribution in [0, 0.1) is 0 Å². The molecule has 5 heteroatoms. The minimum atomic E-state index is -0.640. The van der Waals surface area contributed by atoms with Crippen molar-refractivity contribution in [1.29, 1.82) is 0 Å². The van der Waals surface area contributed by atoms with Crippen molar-refractivity contribution in [3.05, 3.63) is 30.3 Å². The number of amides is 1. The fourth-order valence-corrected chi connectivity index (χ4v) is 1.33. The SMILES string of the molecule is COC(=O)[C@@H](C)NC(=O)CCOc1ccccc1. The molecule has 5 nitrogen and oxygen atoms in total. The Morgan fingerprint density at radius 2 is 1.94 bits per heavy atom. The molecule has 0 aliphatic rings. The van der Waals surface area contributed by atoms with E-state index in [1.807, 2.05) is 30.3 Å². The van der Waals surface area contributed by atoms with Gasteiger partial charge in [-0.15, -0.1) is 0 Å². The number of methoxy groups -OCH3 is 1. The molecule has 98 valence electrons. The number of carbonyl (C=O) groups excluding carboxylic acids is 2. The Labute approximate surface area is 106 Å². The quantitative estimate of drug-likeness (QED) is 0.770. The van der Waals surface area contributed by atoms with Crippen LogP contribution in [-0.2, 0) is 14.3 Å². The highest BCUT2D eigenvalue weighted by Gasteiger charge is 2.15. The van der Waals surface area contributed by atoms with Gasteiger partial charge in [0.2, 0.25) is 5.91 Å². The van der Waals surface area contributed by atoms with Crippen LogP contribution in [0.25, 0.3) is 0 Å². The average Bonchev–Trinajstić information content (AvgIpc) is 2.38. The molecule has 0 bridgehead atoms. The van der Waals surface area contributed by atoms with Crippen LogP contribution in [-0.4, -0.2) is 31.6 Å². The summed E-state index contributed by atoms with van der Waals surface area (Å²) in [6.07, 6.45) is 0.191. The van der Waals surface area contributed by atoms with E-state index in [1.54, 1.807) is 6.92 Å². The van der Waals surface area contributed by atoms with Crippen LogP contribution in [0.15, 0.2) is 30.3 Å². The first-order valence-electron chi connectivity index (χ1n) is 5.68. The first-order valence-corrected chi connectivity index (χ1v) is 5.68. The van der Waals surface area contributed by atoms with Crippen LogP contribution in [0.3, 0.4) is 0 Å². The molecule has 1 aromatic carbocycles. The van der Waals surface area contributed by atoms with Crippen molar-refractivity contribution >= 4 is 11.9 Å². The van der Waals surface area contributed by atoms with Crippen molar-refractivity contribution in [3.63, 3.8) is 0 Å². The van der Waals surface area contributed by atoms with Crippen LogP contribution in [0.5, 0.6) is 5.75 Å². The number of nitrogens with one attached hydrogen (secondary N) is 1. The molecular weight excluding hydrogens is 234 g/mol. The summed E-state index contributed by atoms with van der Waals surface area (Å²) in [6, 6.07) is 8.59. The smallest absolute Gasteiger partial charge is 0.328 e. The molecule has 0 heterocycles. The van der Waals surface area contributed by atoms with Gasteiger partial charge in [0.15, 0.2) is 0 Å². The third kappa shape index (κ3) is 4.86. The lowest BCUT2D eigenvalue weighted by atomic mass is 10.3. The van der Waals surface area contributed by atoms with Crippen LogP contribution in [0.4, 0.5) is 0 Å². The summed E-state index contributed by atoms with van der Waals surface area (Å²) in [4.78, 5) is 22.5. The molecule has 1 atom stereocenters. The number of benzene rings is 1. The predicted octanol–water partition coefficient (Wildman–Crippen LogP) is 1.13. The van der Waals surface area contributed by atoms with E-state index in [4.69, 9.17) is 4.74 Å². The lowest BCUT2D eigenvalue weighted by Crippen LogP contribution is -2.39. The van der Waals surface area contributed by atoms with Crippen LogP contribution in [0.2, 0.25) is 0 Å². The molecule has 0 unspecified atom stereocenters. The molecule has 1 rings (SSSR count). The number of rotatable bonds is 6. The highest BCUT2D eigenvalue weighted by atomic mass is 16.5. The molecule has 0 spiro atoms. The van der Waals surface area contributed by atoms with E-state index in [-0.39, 0.29) is 18.9 Å². The highest BCUT2D eigenvalue weighted by Crippen LogP contribution is 2.08. The zero-order valence-corrected chi connectivity index (χ0v) is 10.5. The van der Waals surface area contributed by atoms with Crippen molar-refractivity contribution in [3.8, 4) is 5.75 Å². The van der Waals surface area contributed by atoms with E-state index in [0.717, 1.165) is 0 Å². The van der Waals surface area contributed by atoms with Crippen LogP contribution < -0.4 is 10.1 Å². The summed E-state index contributed by atoms with van der Waals surface area (Å²) in [7, 11) is 1.28. The molecule has 0 saturated carbocycles. The van der Waals surface area contributed by atoms with Gasteiger partial charge in [0.1, 0.15) is 11.8 Å². The summed E-state index contributed by atoms with van der Waals surface area (Å²) in [6.45, 7) is 1.84. The zero-order valence-electron chi connectivity index (χ0n) is 10.5. The normalized spacial score (nSPS) is 11.4. The number of hydrogen-bond acceptors (Lipinski definition) is 4. The molecule has 18 heavy (non-hydrogen) atoms. The van der Waals surface area contributed by atoms with Crippen molar-refractivity contribution in [1.82, 2.24) is 5.32 Å². The van der Waals surface area contributed by atoms with Gasteiger partial charge in [0, 0.05) is 0 Å². The number of para-hydroxylation sites is 1. The Morgan fingerprint density at radius 1 is 1.28 bits per heavy atom. The lowest BCUT2D eigenvalue weighted by Gasteiger charge is -2.11. The monoisotopic (exact) mass is 251 g/mol. The number of hydrogen-bond donors (Lipinski definition) is 1. The summed E-state index contributed by atoms with van der Waals surface area (Å²) >= 11 is 0. The van der Waals surface area contributed by atoms with Gasteiger partial charge in [-0.05, 0) is 19.1 Å².